The van der Waals surface area contributed by atoms with Crippen LogP contribution in [-0.4, -0.2) is 28.9 Å². The number of nitrogens with one attached hydrogen (secondary N) is 1. The predicted octanol–water partition coefficient (Wildman–Crippen LogP) is 0.575. The highest BCUT2D eigenvalue weighted by molar-refractivity contribution is 5.97. The highest BCUT2D eigenvalue weighted by Gasteiger charge is 2.15. The van der Waals surface area contributed by atoms with Crippen molar-refractivity contribution in [1.29, 1.82) is 0 Å². The van der Waals surface area contributed by atoms with E-state index < -0.39 is 6.67 Å². The number of amides is 1. The summed E-state index contributed by atoms with van der Waals surface area (Å²) in [7, 11) is 0. The molecule has 0 aliphatic rings. The van der Waals surface area contributed by atoms with E-state index in [4.69, 9.17) is 5.73 Å². The van der Waals surface area contributed by atoms with Crippen molar-refractivity contribution < 1.29 is 9.18 Å². The number of carbonyl (C=O) groups is 1. The molecule has 0 aromatic carbocycles. The third kappa shape index (κ3) is 2.68. The maximum Gasteiger partial charge on any atom is 0.271 e. The molecule has 0 atom stereocenters. The summed E-state index contributed by atoms with van der Waals surface area (Å²) < 4.78 is 13.4. The minimum atomic E-state index is -0.574. The number of nitrogens with zero attached hydrogens (tertiary/aromatic N) is 2. The Bertz CT molecular complexity index is 337. The van der Waals surface area contributed by atoms with Crippen LogP contribution in [0.15, 0.2) is 6.20 Å². The van der Waals surface area contributed by atoms with Crippen molar-refractivity contribution in [3.05, 3.63) is 11.9 Å². The molecule has 84 valence electrons. The van der Waals surface area contributed by atoms with Gasteiger partial charge in [-0.05, 0) is 6.42 Å². The molecule has 1 aromatic rings. The van der Waals surface area contributed by atoms with Gasteiger partial charge < -0.3 is 11.1 Å². The Morgan fingerprint density at radius 1 is 1.73 bits per heavy atom. The second-order valence-electron chi connectivity index (χ2n) is 3.12. The number of halogens is 1. The van der Waals surface area contributed by atoms with Crippen molar-refractivity contribution in [2.45, 2.75) is 19.9 Å². The van der Waals surface area contributed by atoms with Crippen molar-refractivity contribution in [1.82, 2.24) is 15.1 Å². The van der Waals surface area contributed by atoms with Crippen LogP contribution in [0.25, 0.3) is 0 Å². The van der Waals surface area contributed by atoms with Gasteiger partial charge in [0.2, 0.25) is 0 Å². The first-order valence-electron chi connectivity index (χ1n) is 4.86. The first-order chi connectivity index (χ1) is 7.20. The van der Waals surface area contributed by atoms with Crippen LogP contribution in [0.4, 0.5) is 10.1 Å². The summed E-state index contributed by atoms with van der Waals surface area (Å²) in [6, 6.07) is 0. The molecule has 0 fully saturated rings. The molecule has 5 nitrogen and oxygen atoms in total. The topological polar surface area (TPSA) is 72.9 Å². The Morgan fingerprint density at radius 3 is 3.07 bits per heavy atom. The molecule has 0 spiro atoms. The van der Waals surface area contributed by atoms with Crippen LogP contribution in [0.2, 0.25) is 0 Å². The lowest BCUT2D eigenvalue weighted by Gasteiger charge is -2.06. The van der Waals surface area contributed by atoms with E-state index in [0.717, 1.165) is 6.42 Å². The number of nitrogen functional groups attached to an aromatic ring is 1. The lowest BCUT2D eigenvalue weighted by Crippen LogP contribution is -2.28. The van der Waals surface area contributed by atoms with Crippen LogP contribution in [-0.2, 0) is 6.54 Å². The van der Waals surface area contributed by atoms with E-state index in [-0.39, 0.29) is 23.8 Å². The molecule has 3 N–H and O–H groups in total. The normalized spacial score (nSPS) is 10.3. The number of rotatable bonds is 5. The van der Waals surface area contributed by atoms with Gasteiger partial charge in [-0.2, -0.15) is 5.10 Å². The second kappa shape index (κ2) is 5.33. The molecular formula is C9H15FN4O. The summed E-state index contributed by atoms with van der Waals surface area (Å²) in [5.41, 5.74) is 6.09. The number of alkyl halides is 1. The Hall–Kier alpha value is -1.59. The zero-order valence-corrected chi connectivity index (χ0v) is 8.66. The first-order valence-corrected chi connectivity index (χ1v) is 4.86. The Morgan fingerprint density at radius 2 is 2.47 bits per heavy atom. The van der Waals surface area contributed by atoms with Crippen LogP contribution in [0, 0.1) is 0 Å². The summed E-state index contributed by atoms with van der Waals surface area (Å²) in [4.78, 5) is 11.6. The van der Waals surface area contributed by atoms with Crippen molar-refractivity contribution in [2.24, 2.45) is 0 Å². The fraction of sp³-hybridized carbons (Fsp3) is 0.556. The van der Waals surface area contributed by atoms with Gasteiger partial charge in [0.15, 0.2) is 0 Å². The molecule has 1 amide bonds. The standard InChI is InChI=1S/C9H15FN4O/c1-2-4-12-9(15)8-7(11)6-13-14(8)5-3-10/h6H,2-5,11H2,1H3,(H,12,15). The van der Waals surface area contributed by atoms with Crippen LogP contribution in [0.1, 0.15) is 23.8 Å². The quantitative estimate of drug-likeness (QED) is 0.752. The van der Waals surface area contributed by atoms with Gasteiger partial charge >= 0.3 is 0 Å². The van der Waals surface area contributed by atoms with Gasteiger partial charge in [0.25, 0.3) is 5.91 Å². The van der Waals surface area contributed by atoms with E-state index in [1.807, 2.05) is 6.92 Å². The van der Waals surface area contributed by atoms with Crippen LogP contribution in [0.3, 0.4) is 0 Å². The summed E-state index contributed by atoms with van der Waals surface area (Å²) in [5.74, 6) is -0.305. The van der Waals surface area contributed by atoms with Gasteiger partial charge in [-0.3, -0.25) is 9.48 Å². The fourth-order valence-electron chi connectivity index (χ4n) is 1.22. The molecular weight excluding hydrogens is 199 g/mol. The highest BCUT2D eigenvalue weighted by Crippen LogP contribution is 2.10. The molecule has 0 radical (unpaired) electrons. The van der Waals surface area contributed by atoms with Crippen molar-refractivity contribution in [3.63, 3.8) is 0 Å². The van der Waals surface area contributed by atoms with Crippen LogP contribution in [0.5, 0.6) is 0 Å². The lowest BCUT2D eigenvalue weighted by molar-refractivity contribution is 0.0943. The largest absolute Gasteiger partial charge is 0.396 e. The number of hydrogen-bond acceptors (Lipinski definition) is 3. The molecule has 1 aromatic heterocycles. The third-order valence-corrected chi connectivity index (χ3v) is 1.91. The molecule has 1 rings (SSSR count). The Kier molecular flexibility index (Phi) is 4.08. The van der Waals surface area contributed by atoms with Gasteiger partial charge in [0.05, 0.1) is 18.4 Å². The Balaban J connectivity index is 2.80. The van der Waals surface area contributed by atoms with Crippen LogP contribution < -0.4 is 11.1 Å². The molecule has 0 saturated carbocycles. The average Bonchev–Trinajstić information content (AvgIpc) is 2.57. The van der Waals surface area contributed by atoms with Gasteiger partial charge in [0, 0.05) is 6.54 Å². The average molecular weight is 214 g/mol. The summed E-state index contributed by atoms with van der Waals surface area (Å²) in [6.45, 7) is 1.99. The lowest BCUT2D eigenvalue weighted by atomic mass is 10.3. The zero-order valence-electron chi connectivity index (χ0n) is 8.66. The molecule has 6 heteroatoms. The molecule has 0 unspecified atom stereocenters. The number of aromatic nitrogens is 2. The minimum Gasteiger partial charge on any atom is -0.396 e. The number of aryl methyl sites for hydroxylation is 1. The van der Waals surface area contributed by atoms with Gasteiger partial charge in [-0.25, -0.2) is 4.39 Å². The second-order valence-corrected chi connectivity index (χ2v) is 3.12. The van der Waals surface area contributed by atoms with E-state index >= 15 is 0 Å². The first kappa shape index (κ1) is 11.5. The summed E-state index contributed by atoms with van der Waals surface area (Å²) >= 11 is 0. The summed E-state index contributed by atoms with van der Waals surface area (Å²) in [6.07, 6.45) is 2.19. The van der Waals surface area contributed by atoms with Crippen LogP contribution >= 0.6 is 0 Å². The SMILES string of the molecule is CCCNC(=O)c1c(N)cnn1CCF. The Labute approximate surface area is 87.4 Å². The summed E-state index contributed by atoms with van der Waals surface area (Å²) in [5, 5.41) is 6.50. The van der Waals surface area contributed by atoms with E-state index in [2.05, 4.69) is 10.4 Å². The zero-order chi connectivity index (χ0) is 11.3. The molecule has 0 saturated heterocycles. The monoisotopic (exact) mass is 214 g/mol. The molecule has 15 heavy (non-hydrogen) atoms. The number of hydrogen-bond donors (Lipinski definition) is 2. The molecule has 1 heterocycles. The third-order valence-electron chi connectivity index (χ3n) is 1.91. The van der Waals surface area contributed by atoms with E-state index in [0.29, 0.717) is 6.54 Å². The van der Waals surface area contributed by atoms with E-state index in [1.54, 1.807) is 0 Å². The predicted molar refractivity (Wildman–Crippen MR) is 55.2 cm³/mol. The van der Waals surface area contributed by atoms with Crippen molar-refractivity contribution in [3.8, 4) is 0 Å². The van der Waals surface area contributed by atoms with Gasteiger partial charge in [0.1, 0.15) is 12.4 Å². The van der Waals surface area contributed by atoms with E-state index in [9.17, 15) is 9.18 Å². The molecule has 0 aliphatic carbocycles. The highest BCUT2D eigenvalue weighted by atomic mass is 19.1. The maximum absolute atomic E-state index is 12.2. The number of anilines is 1. The van der Waals surface area contributed by atoms with Crippen molar-refractivity contribution in [2.75, 3.05) is 19.0 Å². The molecule has 0 bridgehead atoms. The molecule has 0 aliphatic heterocycles. The van der Waals surface area contributed by atoms with Gasteiger partial charge in [-0.1, -0.05) is 6.92 Å². The van der Waals surface area contributed by atoms with Crippen molar-refractivity contribution >= 4 is 11.6 Å². The fourth-order valence-corrected chi connectivity index (χ4v) is 1.22. The van der Waals surface area contributed by atoms with E-state index in [1.165, 1.54) is 10.9 Å². The van der Waals surface area contributed by atoms with Gasteiger partial charge in [-0.15, -0.1) is 0 Å². The smallest absolute Gasteiger partial charge is 0.271 e. The minimum absolute atomic E-state index is 0.0477. The maximum atomic E-state index is 12.2. The number of carbonyl (C=O) groups excluding carboxylic acids is 1. The number of nitrogens with two attached hydrogens (primary N) is 1.